The second kappa shape index (κ2) is 40.8. The van der Waals surface area contributed by atoms with Gasteiger partial charge in [0.15, 0.2) is 5.75 Å². The van der Waals surface area contributed by atoms with Crippen LogP contribution in [0.3, 0.4) is 0 Å². The molecule has 468 valence electrons. The van der Waals surface area contributed by atoms with Gasteiger partial charge in [-0.3, -0.25) is 0 Å². The van der Waals surface area contributed by atoms with Gasteiger partial charge in [-0.25, -0.2) is 0 Å². The van der Waals surface area contributed by atoms with Crippen molar-refractivity contribution in [3.05, 3.63) is 113 Å². The fourth-order valence-corrected chi connectivity index (χ4v) is 7.50. The van der Waals surface area contributed by atoms with E-state index in [0.29, 0.717) is 109 Å². The Morgan fingerprint density at radius 1 is 0.476 bits per heavy atom. The minimum absolute atomic E-state index is 0.0179. The van der Waals surface area contributed by atoms with Gasteiger partial charge in [-0.05, 0) is 140 Å². The molecule has 22 nitrogen and oxygen atoms in total. The van der Waals surface area contributed by atoms with Crippen molar-refractivity contribution in [3.8, 4) is 28.7 Å². The summed E-state index contributed by atoms with van der Waals surface area (Å²) < 4.78 is 31.6. The predicted molar refractivity (Wildman–Crippen MR) is 350 cm³/mol. The third kappa shape index (κ3) is 28.1. The normalized spacial score (nSPS) is 10.3. The Morgan fingerprint density at radius 3 is 1.62 bits per heavy atom. The van der Waals surface area contributed by atoms with Gasteiger partial charge in [-0.1, -0.05) is 40.5 Å². The number of anilines is 12. The summed E-state index contributed by atoms with van der Waals surface area (Å²) in [5.41, 5.74) is 69.5. The molecular weight excluding hydrogens is 1070 g/mol. The van der Waals surface area contributed by atoms with Gasteiger partial charge in [0.1, 0.15) is 35.3 Å². The molecule has 6 rings (SSSR count). The van der Waals surface area contributed by atoms with Crippen LogP contribution in [-0.2, 0) is 23.2 Å². The molecular formula is C62H100N12O10. The van der Waals surface area contributed by atoms with Gasteiger partial charge in [0.05, 0.1) is 76.6 Å². The molecule has 84 heavy (non-hydrogen) atoms. The number of unbranched alkanes of at least 4 members (excludes halogenated alkanes) is 2. The van der Waals surface area contributed by atoms with Gasteiger partial charge in [0.2, 0.25) is 0 Å². The number of nitrogen functional groups attached to an aromatic ring is 10. The number of nitrogens with two attached hydrogens (primary N) is 10. The van der Waals surface area contributed by atoms with Crippen LogP contribution in [0.5, 0.6) is 28.7 Å². The molecule has 0 fully saturated rings. The molecule has 0 spiro atoms. The van der Waals surface area contributed by atoms with Crippen LogP contribution in [0.4, 0.5) is 68.2 Å². The molecule has 0 radical (unpaired) electrons. The standard InChI is InChI=1S/C12H20N2O4.C12H20N2O.C11H18N2.C10H16N2O3.C9H14N2O.C8H12N2O/c13-9-3-4-10(17-7-1-5-15)11(14)12(9)18-8-2-6-16;1-7-9(13)6-8(12(2,3)4)11(15-5)10(7)14;1-2-3-4-5-9-6-10(12)8-11(13)7-9;11-8-1-2-10(9(12)7-8)15-6-5-14-4-3-13;1-2-11-9-4-7(6-12)3-8(10)5-9;1-10-6-3-4-8(11-2)7(9)5-6/h3-4,15-16H,1-2,5-8,13-14H2;6H,13-14H2,1-5H3;6-8H,2-5,12-13H2,1H3;1-2,7,13H,3-6,11-12H2;3-5,11-12H,2,6,10H2,1H3;3-5,10H,9H2,1-2H3. The highest BCUT2D eigenvalue weighted by atomic mass is 16.5. The number of rotatable bonds is 24. The van der Waals surface area contributed by atoms with Crippen molar-refractivity contribution in [1.82, 2.24) is 0 Å². The molecule has 0 atom stereocenters. The number of methoxy groups -OCH3 is 2. The van der Waals surface area contributed by atoms with E-state index < -0.39 is 0 Å². The quantitative estimate of drug-likeness (QED) is 0.0200. The van der Waals surface area contributed by atoms with Gasteiger partial charge in [0.25, 0.3) is 0 Å². The smallest absolute Gasteiger partial charge is 0.168 e. The third-order valence-electron chi connectivity index (χ3n) is 11.9. The van der Waals surface area contributed by atoms with E-state index in [2.05, 4.69) is 38.3 Å². The van der Waals surface area contributed by atoms with Crippen molar-refractivity contribution in [1.29, 1.82) is 0 Å². The first-order valence-electron chi connectivity index (χ1n) is 27.8. The second-order valence-corrected chi connectivity index (χ2v) is 19.9. The van der Waals surface area contributed by atoms with Crippen LogP contribution in [0.2, 0.25) is 0 Å². The first-order chi connectivity index (χ1) is 40.0. The number of hydrogen-bond acceptors (Lipinski definition) is 22. The van der Waals surface area contributed by atoms with Crippen LogP contribution < -0.4 is 91.7 Å². The van der Waals surface area contributed by atoms with Crippen molar-refractivity contribution in [2.45, 2.75) is 92.1 Å². The average molecular weight is 1170 g/mol. The van der Waals surface area contributed by atoms with Crippen LogP contribution >= 0.6 is 0 Å². The average Bonchev–Trinajstić information content (AvgIpc) is 2.12. The molecule has 0 saturated carbocycles. The number of aliphatic hydroxyl groups excluding tert-OH is 4. The summed E-state index contributed by atoms with van der Waals surface area (Å²) in [4.78, 5) is 0. The van der Waals surface area contributed by atoms with E-state index in [4.69, 9.17) is 106 Å². The number of benzene rings is 6. The first-order valence-corrected chi connectivity index (χ1v) is 27.8. The highest BCUT2D eigenvalue weighted by molar-refractivity contribution is 5.74. The van der Waals surface area contributed by atoms with E-state index in [1.54, 1.807) is 56.7 Å². The van der Waals surface area contributed by atoms with Crippen molar-refractivity contribution in [2.24, 2.45) is 0 Å². The lowest BCUT2D eigenvalue weighted by molar-refractivity contribution is 0.0707. The van der Waals surface area contributed by atoms with Crippen LogP contribution in [0.1, 0.15) is 89.0 Å². The number of nitrogens with one attached hydrogen (secondary N) is 2. The zero-order valence-electron chi connectivity index (χ0n) is 51.0. The Morgan fingerprint density at radius 2 is 1.07 bits per heavy atom. The number of ether oxygens (including phenoxy) is 6. The van der Waals surface area contributed by atoms with Gasteiger partial charge < -0.3 is 117 Å². The zero-order valence-corrected chi connectivity index (χ0v) is 51.0. The lowest BCUT2D eigenvalue weighted by Gasteiger charge is -2.24. The van der Waals surface area contributed by atoms with E-state index in [-0.39, 0.29) is 31.8 Å². The summed E-state index contributed by atoms with van der Waals surface area (Å²) >= 11 is 0. The highest BCUT2D eigenvalue weighted by Gasteiger charge is 2.23. The summed E-state index contributed by atoms with van der Waals surface area (Å²) in [6.45, 7) is 15.3. The molecule has 26 N–H and O–H groups in total. The largest absolute Gasteiger partial charge is 0.495 e. The Labute approximate surface area is 498 Å². The monoisotopic (exact) mass is 1170 g/mol. The van der Waals surface area contributed by atoms with Gasteiger partial charge in [-0.15, -0.1) is 0 Å². The maximum atomic E-state index is 8.87. The third-order valence-corrected chi connectivity index (χ3v) is 11.9. The van der Waals surface area contributed by atoms with E-state index in [0.717, 1.165) is 63.8 Å². The van der Waals surface area contributed by atoms with Crippen LogP contribution in [-0.4, -0.2) is 101 Å². The molecule has 22 heteroatoms. The Balaban J connectivity index is 0.000000507. The zero-order chi connectivity index (χ0) is 63.2. The molecule has 6 aromatic rings. The lowest BCUT2D eigenvalue weighted by atomic mass is 9.84. The molecule has 0 aliphatic heterocycles. The fraction of sp³-hybridized carbons (Fsp3) is 0.419. The molecule has 0 amide bonds. The molecule has 0 aliphatic rings. The minimum Gasteiger partial charge on any atom is -0.495 e. The van der Waals surface area contributed by atoms with Gasteiger partial charge >= 0.3 is 0 Å². The maximum Gasteiger partial charge on any atom is 0.168 e. The summed E-state index contributed by atoms with van der Waals surface area (Å²) in [7, 11) is 5.09. The molecule has 6 aromatic carbocycles. The van der Waals surface area contributed by atoms with Gasteiger partial charge in [0, 0.05) is 85.0 Å². The van der Waals surface area contributed by atoms with E-state index in [1.807, 2.05) is 69.4 Å². The SMILES string of the molecule is CCCCCc1cc(N)cc(N)c1.CCNc1cc(N)cc(CO)c1.CNc1ccc(OC)c(N)c1.COc1c(C(C)(C)C)cc(N)c(C)c1N.Nc1ccc(OCCCO)c(N)c1OCCCO.Nc1ccc(OCCOCCO)c(N)c1. The topological polar surface area (TPSA) is 421 Å². The molecule has 0 bridgehead atoms. The maximum absolute atomic E-state index is 8.87. The van der Waals surface area contributed by atoms with Crippen molar-refractivity contribution >= 4 is 68.2 Å². The Hall–Kier alpha value is -8.28. The minimum atomic E-state index is -0.0265. The summed E-state index contributed by atoms with van der Waals surface area (Å²) in [6, 6.07) is 27.2. The lowest BCUT2D eigenvalue weighted by Crippen LogP contribution is -2.15. The van der Waals surface area contributed by atoms with Crippen LogP contribution in [0.15, 0.2) is 91.0 Å². The predicted octanol–water partition coefficient (Wildman–Crippen LogP) is 8.17. The summed E-state index contributed by atoms with van der Waals surface area (Å²) in [6.07, 6.45) is 5.87. The molecule has 0 saturated heterocycles. The second-order valence-electron chi connectivity index (χ2n) is 19.9. The van der Waals surface area contributed by atoms with E-state index in [9.17, 15) is 0 Å². The van der Waals surface area contributed by atoms with Crippen molar-refractivity contribution in [2.75, 3.05) is 149 Å². The Bertz CT molecular complexity index is 2780. The summed E-state index contributed by atoms with van der Waals surface area (Å²) in [5.74, 6) is 2.91. The fourth-order valence-electron chi connectivity index (χ4n) is 7.50. The van der Waals surface area contributed by atoms with E-state index >= 15 is 0 Å². The molecule has 0 aromatic heterocycles. The highest BCUT2D eigenvalue weighted by Crippen LogP contribution is 2.40. The first kappa shape index (κ1) is 73.7. The number of hydrogen-bond donors (Lipinski definition) is 16. The van der Waals surface area contributed by atoms with Crippen LogP contribution in [0, 0.1) is 6.92 Å². The van der Waals surface area contributed by atoms with E-state index in [1.165, 1.54) is 24.8 Å². The molecule has 0 unspecified atom stereocenters. The number of aliphatic hydroxyl groups is 4. The van der Waals surface area contributed by atoms with Crippen molar-refractivity contribution in [3.63, 3.8) is 0 Å². The summed E-state index contributed by atoms with van der Waals surface area (Å²) in [5, 5.41) is 40.8. The Kier molecular flexibility index (Phi) is 35.8. The molecule has 0 heterocycles. The van der Waals surface area contributed by atoms with Gasteiger partial charge in [-0.2, -0.15) is 0 Å². The van der Waals surface area contributed by atoms with Crippen LogP contribution in [0.25, 0.3) is 0 Å². The molecule has 0 aliphatic carbocycles. The van der Waals surface area contributed by atoms with Crippen molar-refractivity contribution < 1.29 is 48.8 Å². The number of aryl methyl sites for hydroxylation is 1.